The van der Waals surface area contributed by atoms with Crippen molar-refractivity contribution < 1.29 is 9.53 Å². The monoisotopic (exact) mass is 234 g/mol. The first-order valence-electron chi connectivity index (χ1n) is 5.73. The molecule has 0 N–H and O–H groups in total. The average Bonchev–Trinajstić information content (AvgIpc) is 2.15. The minimum atomic E-state index is -1.43. The number of esters is 1. The van der Waals surface area contributed by atoms with Gasteiger partial charge in [-0.25, -0.2) is 0 Å². The zero-order valence-corrected chi connectivity index (χ0v) is 11.1. The van der Waals surface area contributed by atoms with E-state index in [1.54, 1.807) is 0 Å². The van der Waals surface area contributed by atoms with E-state index in [4.69, 9.17) is 4.74 Å². The molecule has 1 aromatic carbocycles. The van der Waals surface area contributed by atoms with Gasteiger partial charge in [-0.1, -0.05) is 50.0 Å². The molecule has 16 heavy (non-hydrogen) atoms. The lowest BCUT2D eigenvalue weighted by Crippen LogP contribution is -2.53. The summed E-state index contributed by atoms with van der Waals surface area (Å²) in [6, 6.07) is 10.2. The van der Waals surface area contributed by atoms with E-state index >= 15 is 0 Å². The highest BCUT2D eigenvalue weighted by atomic mass is 28.3. The van der Waals surface area contributed by atoms with Crippen molar-refractivity contribution in [1.29, 1.82) is 0 Å². The van der Waals surface area contributed by atoms with E-state index in [1.807, 2.05) is 18.2 Å². The Kier molecular flexibility index (Phi) is 2.89. The zero-order chi connectivity index (χ0) is 11.8. The molecule has 0 amide bonds. The second-order valence-corrected chi connectivity index (χ2v) is 10.9. The van der Waals surface area contributed by atoms with Crippen LogP contribution in [0.15, 0.2) is 30.3 Å². The van der Waals surface area contributed by atoms with Crippen LogP contribution in [0.4, 0.5) is 0 Å². The topological polar surface area (TPSA) is 26.3 Å². The summed E-state index contributed by atoms with van der Waals surface area (Å²) in [5.41, 5.74) is 1.43. The maximum atomic E-state index is 11.5. The van der Waals surface area contributed by atoms with Gasteiger partial charge in [0.25, 0.3) is 0 Å². The molecule has 0 saturated carbocycles. The molecular weight excluding hydrogens is 216 g/mol. The van der Waals surface area contributed by atoms with Gasteiger partial charge in [-0.05, 0) is 5.56 Å². The van der Waals surface area contributed by atoms with Gasteiger partial charge < -0.3 is 4.74 Å². The Hall–Kier alpha value is -1.09. The summed E-state index contributed by atoms with van der Waals surface area (Å²) < 4.78 is 5.28. The largest absolute Gasteiger partial charge is 0.461 e. The van der Waals surface area contributed by atoms with Gasteiger partial charge in [-0.3, -0.25) is 4.79 Å². The van der Waals surface area contributed by atoms with Crippen molar-refractivity contribution in [3.05, 3.63) is 35.9 Å². The molecule has 86 valence electrons. The lowest BCUT2D eigenvalue weighted by atomic mass is 10.0. The molecule has 1 heterocycles. The SMILES string of the molecule is C[Si](C)(C)[C@@H]1C(=O)O[C@@H]1Cc1ccccc1. The van der Waals surface area contributed by atoms with Crippen LogP contribution >= 0.6 is 0 Å². The van der Waals surface area contributed by atoms with E-state index in [0.717, 1.165) is 6.42 Å². The lowest BCUT2D eigenvalue weighted by molar-refractivity contribution is -0.169. The molecule has 1 aromatic rings. The van der Waals surface area contributed by atoms with E-state index in [1.165, 1.54) is 5.56 Å². The van der Waals surface area contributed by atoms with Crippen LogP contribution in [-0.2, 0) is 16.0 Å². The van der Waals surface area contributed by atoms with Crippen molar-refractivity contribution in [2.24, 2.45) is 0 Å². The fraction of sp³-hybridized carbons (Fsp3) is 0.462. The third-order valence-electron chi connectivity index (χ3n) is 3.11. The van der Waals surface area contributed by atoms with Crippen molar-refractivity contribution in [1.82, 2.24) is 0 Å². The second kappa shape index (κ2) is 4.05. The maximum Gasteiger partial charge on any atom is 0.310 e. The summed E-state index contributed by atoms with van der Waals surface area (Å²) in [5, 5.41) is 0. The van der Waals surface area contributed by atoms with Crippen molar-refractivity contribution >= 4 is 14.0 Å². The standard InChI is InChI=1S/C13H18O2Si/c1-16(2,3)12-11(15-13(12)14)9-10-7-5-4-6-8-10/h4-8,11-12H,9H2,1-3H3/t11-,12+/m1/s1. The molecule has 3 heteroatoms. The highest BCUT2D eigenvalue weighted by Gasteiger charge is 2.49. The third kappa shape index (κ3) is 2.19. The third-order valence-corrected chi connectivity index (χ3v) is 5.58. The predicted octanol–water partition coefficient (Wildman–Crippen LogP) is 2.86. The summed E-state index contributed by atoms with van der Waals surface area (Å²) in [7, 11) is -1.43. The number of carbonyl (C=O) groups excluding carboxylic acids is 1. The summed E-state index contributed by atoms with van der Waals surface area (Å²) in [6.07, 6.45) is 0.975. The molecular formula is C13H18O2Si. The molecule has 2 rings (SSSR count). The van der Waals surface area contributed by atoms with Crippen LogP contribution in [0.3, 0.4) is 0 Å². The van der Waals surface area contributed by atoms with Gasteiger partial charge in [0.15, 0.2) is 0 Å². The Morgan fingerprint density at radius 1 is 1.19 bits per heavy atom. The number of benzene rings is 1. The van der Waals surface area contributed by atoms with E-state index < -0.39 is 8.07 Å². The number of cyclic esters (lactones) is 1. The Labute approximate surface area is 97.6 Å². The molecule has 0 unspecified atom stereocenters. The van der Waals surface area contributed by atoms with Crippen LogP contribution in [0, 0.1) is 0 Å². The van der Waals surface area contributed by atoms with E-state index in [-0.39, 0.29) is 17.6 Å². The normalized spacial score (nSPS) is 24.8. The molecule has 0 aliphatic carbocycles. The number of ether oxygens (including phenoxy) is 1. The first-order chi connectivity index (χ1) is 7.48. The van der Waals surface area contributed by atoms with Gasteiger partial charge in [0, 0.05) is 6.42 Å². The number of carbonyl (C=O) groups is 1. The smallest absolute Gasteiger partial charge is 0.310 e. The number of hydrogen-bond acceptors (Lipinski definition) is 2. The molecule has 0 bridgehead atoms. The first kappa shape index (κ1) is 11.4. The molecule has 1 aliphatic rings. The van der Waals surface area contributed by atoms with Gasteiger partial charge >= 0.3 is 5.97 Å². The van der Waals surface area contributed by atoms with Gasteiger partial charge in [0.05, 0.1) is 13.6 Å². The van der Waals surface area contributed by atoms with Gasteiger partial charge in [-0.15, -0.1) is 0 Å². The fourth-order valence-corrected chi connectivity index (χ4v) is 4.36. The van der Waals surface area contributed by atoms with Crippen LogP contribution in [0.2, 0.25) is 25.2 Å². The first-order valence-corrected chi connectivity index (χ1v) is 9.30. The van der Waals surface area contributed by atoms with E-state index in [2.05, 4.69) is 31.8 Å². The van der Waals surface area contributed by atoms with E-state index in [9.17, 15) is 4.79 Å². The minimum Gasteiger partial charge on any atom is -0.461 e. The quantitative estimate of drug-likeness (QED) is 0.594. The van der Waals surface area contributed by atoms with Crippen molar-refractivity contribution in [3.8, 4) is 0 Å². The molecule has 1 aliphatic heterocycles. The Bertz CT molecular complexity index is 381. The Morgan fingerprint density at radius 3 is 2.31 bits per heavy atom. The van der Waals surface area contributed by atoms with Crippen LogP contribution in [-0.4, -0.2) is 20.1 Å². The molecule has 0 radical (unpaired) electrons. The second-order valence-electron chi connectivity index (χ2n) is 5.51. The molecule has 2 atom stereocenters. The predicted molar refractivity (Wildman–Crippen MR) is 67.1 cm³/mol. The average molecular weight is 234 g/mol. The van der Waals surface area contributed by atoms with Crippen LogP contribution in [0.1, 0.15) is 5.56 Å². The van der Waals surface area contributed by atoms with Crippen LogP contribution in [0.5, 0.6) is 0 Å². The Balaban J connectivity index is 2.05. The molecule has 1 fully saturated rings. The molecule has 0 spiro atoms. The van der Waals surface area contributed by atoms with Gasteiger partial charge in [0.2, 0.25) is 0 Å². The van der Waals surface area contributed by atoms with Crippen LogP contribution in [0.25, 0.3) is 0 Å². The molecule has 2 nitrogen and oxygen atoms in total. The Morgan fingerprint density at radius 2 is 1.81 bits per heavy atom. The summed E-state index contributed by atoms with van der Waals surface area (Å²) in [6.45, 7) is 6.70. The lowest BCUT2D eigenvalue weighted by Gasteiger charge is -2.42. The number of rotatable bonds is 3. The van der Waals surface area contributed by atoms with Crippen molar-refractivity contribution in [3.63, 3.8) is 0 Å². The highest BCUT2D eigenvalue weighted by Crippen LogP contribution is 2.38. The fourth-order valence-electron chi connectivity index (χ4n) is 2.29. The highest BCUT2D eigenvalue weighted by molar-refractivity contribution is 6.81. The van der Waals surface area contributed by atoms with Crippen LogP contribution < -0.4 is 0 Å². The molecule has 1 saturated heterocycles. The van der Waals surface area contributed by atoms with Crippen molar-refractivity contribution in [2.75, 3.05) is 0 Å². The zero-order valence-electron chi connectivity index (χ0n) is 10.1. The minimum absolute atomic E-state index is 0.0140. The number of hydrogen-bond donors (Lipinski definition) is 0. The van der Waals surface area contributed by atoms with Gasteiger partial charge in [-0.2, -0.15) is 0 Å². The van der Waals surface area contributed by atoms with Crippen molar-refractivity contribution in [2.45, 2.75) is 37.7 Å². The van der Waals surface area contributed by atoms with Gasteiger partial charge in [0.1, 0.15) is 6.10 Å². The summed E-state index contributed by atoms with van der Waals surface area (Å²) >= 11 is 0. The molecule has 0 aromatic heterocycles. The summed E-state index contributed by atoms with van der Waals surface area (Å²) in [5.74, 6) is 0.0140. The maximum absolute atomic E-state index is 11.5. The summed E-state index contributed by atoms with van der Waals surface area (Å²) in [4.78, 5) is 11.5. The van der Waals surface area contributed by atoms with E-state index in [0.29, 0.717) is 0 Å².